The van der Waals surface area contributed by atoms with Crippen molar-refractivity contribution in [3.8, 4) is 5.75 Å². The SMILES string of the molecule is COc1ccc2c(c1)CCN2C(=O)CC1CCCN1. The topological polar surface area (TPSA) is 41.6 Å². The summed E-state index contributed by atoms with van der Waals surface area (Å²) in [5.41, 5.74) is 2.27. The summed E-state index contributed by atoms with van der Waals surface area (Å²) in [4.78, 5) is 14.3. The van der Waals surface area contributed by atoms with E-state index in [9.17, 15) is 4.79 Å². The number of carbonyl (C=O) groups excluding carboxylic acids is 1. The number of ether oxygens (including phenoxy) is 1. The fourth-order valence-corrected chi connectivity index (χ4v) is 3.02. The second-order valence-corrected chi connectivity index (χ2v) is 5.29. The number of nitrogens with one attached hydrogen (secondary N) is 1. The number of rotatable bonds is 3. The Morgan fingerprint density at radius 3 is 3.16 bits per heavy atom. The molecule has 2 aliphatic rings. The maximum Gasteiger partial charge on any atom is 0.228 e. The van der Waals surface area contributed by atoms with Gasteiger partial charge in [-0.15, -0.1) is 0 Å². The van der Waals surface area contributed by atoms with Gasteiger partial charge >= 0.3 is 0 Å². The molecule has 3 rings (SSSR count). The Kier molecular flexibility index (Phi) is 3.42. The van der Waals surface area contributed by atoms with E-state index < -0.39 is 0 Å². The fourth-order valence-electron chi connectivity index (χ4n) is 3.02. The van der Waals surface area contributed by atoms with Crippen LogP contribution in [0.25, 0.3) is 0 Å². The van der Waals surface area contributed by atoms with Crippen LogP contribution in [-0.2, 0) is 11.2 Å². The van der Waals surface area contributed by atoms with Gasteiger partial charge in [0.2, 0.25) is 5.91 Å². The number of nitrogens with zero attached hydrogens (tertiary/aromatic N) is 1. The van der Waals surface area contributed by atoms with Crippen LogP contribution < -0.4 is 15.0 Å². The molecule has 0 aromatic heterocycles. The van der Waals surface area contributed by atoms with Crippen molar-refractivity contribution in [1.29, 1.82) is 0 Å². The van der Waals surface area contributed by atoms with E-state index in [0.717, 1.165) is 37.4 Å². The first-order valence-electron chi connectivity index (χ1n) is 6.98. The lowest BCUT2D eigenvalue weighted by atomic mass is 10.1. The lowest BCUT2D eigenvalue weighted by Gasteiger charge is -2.19. The van der Waals surface area contributed by atoms with E-state index >= 15 is 0 Å². The van der Waals surface area contributed by atoms with E-state index in [0.29, 0.717) is 12.5 Å². The first-order chi connectivity index (χ1) is 9.28. The highest BCUT2D eigenvalue weighted by molar-refractivity contribution is 5.95. The van der Waals surface area contributed by atoms with Gasteiger partial charge in [0.1, 0.15) is 5.75 Å². The van der Waals surface area contributed by atoms with E-state index in [2.05, 4.69) is 5.32 Å². The number of amides is 1. The fraction of sp³-hybridized carbons (Fsp3) is 0.533. The lowest BCUT2D eigenvalue weighted by molar-refractivity contribution is -0.118. The van der Waals surface area contributed by atoms with E-state index in [1.54, 1.807) is 7.11 Å². The molecule has 1 aromatic rings. The molecular formula is C15H20N2O2. The molecule has 0 aliphatic carbocycles. The molecule has 102 valence electrons. The Morgan fingerprint density at radius 1 is 1.53 bits per heavy atom. The second kappa shape index (κ2) is 5.21. The molecule has 1 unspecified atom stereocenters. The summed E-state index contributed by atoms with van der Waals surface area (Å²) in [6.45, 7) is 1.85. The molecule has 0 bridgehead atoms. The van der Waals surface area contributed by atoms with Crippen LogP contribution in [0.15, 0.2) is 18.2 Å². The van der Waals surface area contributed by atoms with Gasteiger partial charge in [0.15, 0.2) is 0 Å². The van der Waals surface area contributed by atoms with Crippen LogP contribution in [0.4, 0.5) is 5.69 Å². The molecule has 1 saturated heterocycles. The zero-order chi connectivity index (χ0) is 13.2. The smallest absolute Gasteiger partial charge is 0.228 e. The molecule has 1 aromatic carbocycles. The van der Waals surface area contributed by atoms with Crippen molar-refractivity contribution in [2.75, 3.05) is 25.1 Å². The molecule has 4 heteroatoms. The van der Waals surface area contributed by atoms with Gasteiger partial charge in [-0.3, -0.25) is 4.79 Å². The van der Waals surface area contributed by atoms with Crippen LogP contribution in [0.1, 0.15) is 24.8 Å². The Hall–Kier alpha value is -1.55. The van der Waals surface area contributed by atoms with Crippen molar-refractivity contribution in [1.82, 2.24) is 5.32 Å². The number of benzene rings is 1. The second-order valence-electron chi connectivity index (χ2n) is 5.29. The van der Waals surface area contributed by atoms with Crippen molar-refractivity contribution in [2.24, 2.45) is 0 Å². The summed E-state index contributed by atoms with van der Waals surface area (Å²) in [7, 11) is 1.67. The molecular weight excluding hydrogens is 240 g/mol. The Bertz CT molecular complexity index is 481. The first kappa shape index (κ1) is 12.5. The summed E-state index contributed by atoms with van der Waals surface area (Å²) in [5, 5.41) is 3.39. The van der Waals surface area contributed by atoms with Crippen molar-refractivity contribution in [3.05, 3.63) is 23.8 Å². The Balaban J connectivity index is 1.72. The lowest BCUT2D eigenvalue weighted by Crippen LogP contribution is -2.34. The zero-order valence-corrected chi connectivity index (χ0v) is 11.3. The molecule has 0 spiro atoms. The van der Waals surface area contributed by atoms with Gasteiger partial charge in [0.05, 0.1) is 7.11 Å². The molecule has 1 amide bonds. The summed E-state index contributed by atoms with van der Waals surface area (Å²) in [6.07, 6.45) is 3.85. The summed E-state index contributed by atoms with van der Waals surface area (Å²) in [5.74, 6) is 1.11. The van der Waals surface area contributed by atoms with E-state index in [-0.39, 0.29) is 5.91 Å². The highest BCUT2D eigenvalue weighted by Gasteiger charge is 2.27. The van der Waals surface area contributed by atoms with E-state index in [1.807, 2.05) is 23.1 Å². The molecule has 0 saturated carbocycles. The number of fused-ring (bicyclic) bond motifs is 1. The summed E-state index contributed by atoms with van der Waals surface area (Å²) >= 11 is 0. The van der Waals surface area contributed by atoms with Crippen LogP contribution in [-0.4, -0.2) is 32.1 Å². The third-order valence-corrected chi connectivity index (χ3v) is 4.07. The Labute approximate surface area is 113 Å². The van der Waals surface area contributed by atoms with Gasteiger partial charge in [-0.1, -0.05) is 0 Å². The van der Waals surface area contributed by atoms with Crippen LogP contribution in [0.3, 0.4) is 0 Å². The van der Waals surface area contributed by atoms with Crippen molar-refractivity contribution in [2.45, 2.75) is 31.7 Å². The van der Waals surface area contributed by atoms with Crippen molar-refractivity contribution >= 4 is 11.6 Å². The molecule has 19 heavy (non-hydrogen) atoms. The number of anilines is 1. The highest BCUT2D eigenvalue weighted by Crippen LogP contribution is 2.32. The highest BCUT2D eigenvalue weighted by atomic mass is 16.5. The van der Waals surface area contributed by atoms with Crippen LogP contribution in [0, 0.1) is 0 Å². The summed E-state index contributed by atoms with van der Waals surface area (Å²) < 4.78 is 5.23. The maximum absolute atomic E-state index is 12.4. The molecule has 4 nitrogen and oxygen atoms in total. The predicted molar refractivity (Wildman–Crippen MR) is 74.7 cm³/mol. The van der Waals surface area contributed by atoms with Gasteiger partial charge in [-0.05, 0) is 49.6 Å². The summed E-state index contributed by atoms with van der Waals surface area (Å²) in [6, 6.07) is 6.34. The minimum atomic E-state index is 0.239. The largest absolute Gasteiger partial charge is 0.497 e. The minimum absolute atomic E-state index is 0.239. The monoisotopic (exact) mass is 260 g/mol. The van der Waals surface area contributed by atoms with Crippen LogP contribution >= 0.6 is 0 Å². The number of methoxy groups -OCH3 is 1. The maximum atomic E-state index is 12.4. The van der Waals surface area contributed by atoms with Crippen LogP contribution in [0.2, 0.25) is 0 Å². The van der Waals surface area contributed by atoms with Gasteiger partial charge in [-0.25, -0.2) is 0 Å². The van der Waals surface area contributed by atoms with E-state index in [4.69, 9.17) is 4.74 Å². The molecule has 1 N–H and O–H groups in total. The zero-order valence-electron chi connectivity index (χ0n) is 11.3. The standard InChI is InChI=1S/C15H20N2O2/c1-19-13-4-5-14-11(9-13)6-8-17(14)15(18)10-12-3-2-7-16-12/h4-5,9,12,16H,2-3,6-8,10H2,1H3. The number of hydrogen-bond donors (Lipinski definition) is 1. The molecule has 2 heterocycles. The van der Waals surface area contributed by atoms with Gasteiger partial charge in [0.25, 0.3) is 0 Å². The Morgan fingerprint density at radius 2 is 2.42 bits per heavy atom. The van der Waals surface area contributed by atoms with Gasteiger partial charge < -0.3 is 15.0 Å². The van der Waals surface area contributed by atoms with Gasteiger partial charge in [0, 0.05) is 24.7 Å². The minimum Gasteiger partial charge on any atom is -0.497 e. The average Bonchev–Trinajstić information content (AvgIpc) is 3.06. The normalized spacial score (nSPS) is 21.5. The molecule has 0 radical (unpaired) electrons. The molecule has 1 atom stereocenters. The quantitative estimate of drug-likeness (QED) is 0.900. The van der Waals surface area contributed by atoms with Crippen LogP contribution in [0.5, 0.6) is 5.75 Å². The van der Waals surface area contributed by atoms with Gasteiger partial charge in [-0.2, -0.15) is 0 Å². The third kappa shape index (κ3) is 2.45. The van der Waals surface area contributed by atoms with Crippen molar-refractivity contribution < 1.29 is 9.53 Å². The number of carbonyl (C=O) groups is 1. The third-order valence-electron chi connectivity index (χ3n) is 4.07. The van der Waals surface area contributed by atoms with E-state index in [1.165, 1.54) is 12.0 Å². The molecule has 2 aliphatic heterocycles. The predicted octanol–water partition coefficient (Wildman–Crippen LogP) is 1.73. The molecule has 1 fully saturated rings. The van der Waals surface area contributed by atoms with Crippen molar-refractivity contribution in [3.63, 3.8) is 0 Å². The first-order valence-corrected chi connectivity index (χ1v) is 6.98. The average molecular weight is 260 g/mol. The number of hydrogen-bond acceptors (Lipinski definition) is 3.